The quantitative estimate of drug-likeness (QED) is 0.0352. The van der Waals surface area contributed by atoms with Gasteiger partial charge in [0.15, 0.2) is 0 Å². The highest BCUT2D eigenvalue weighted by Gasteiger charge is 2.16. The molecule has 0 amide bonds. The maximum Gasteiger partial charge on any atom is 0.0900 e. The first-order valence-electron chi connectivity index (χ1n) is 26.7. The van der Waals surface area contributed by atoms with Crippen LogP contribution in [0.2, 0.25) is 0 Å². The third-order valence-corrected chi connectivity index (χ3v) is 11.7. The second kappa shape index (κ2) is 50.2. The van der Waals surface area contributed by atoms with E-state index in [1.807, 2.05) is 0 Å². The number of rotatable bonds is 55. The molecule has 0 bridgehead atoms. The van der Waals surface area contributed by atoms with Gasteiger partial charge in [-0.15, -0.1) is 0 Å². The number of nitrogens with two attached hydrogens (primary N) is 2. The summed E-state index contributed by atoms with van der Waals surface area (Å²) in [6.07, 6.45) is 4.05. The Morgan fingerprint density at radius 2 is 0.851 bits per heavy atom. The summed E-state index contributed by atoms with van der Waals surface area (Å²) in [5.74, 6) is 0. The fraction of sp³-hybridized carbons (Fsp3) is 0.980. The molecule has 0 aromatic carbocycles. The van der Waals surface area contributed by atoms with Crippen molar-refractivity contribution in [3.63, 3.8) is 0 Å². The normalized spacial score (nSPS) is 13.3. The van der Waals surface area contributed by atoms with E-state index in [2.05, 4.69) is 97.4 Å². The van der Waals surface area contributed by atoms with Crippen LogP contribution in [-0.2, 0) is 14.2 Å². The van der Waals surface area contributed by atoms with E-state index in [0.717, 1.165) is 183 Å². The third kappa shape index (κ3) is 43.8. The van der Waals surface area contributed by atoms with Gasteiger partial charge in [-0.05, 0) is 85.8 Å². The van der Waals surface area contributed by atoms with Crippen LogP contribution in [0.1, 0.15) is 59.8 Å². The van der Waals surface area contributed by atoms with Crippen LogP contribution < -0.4 is 32.7 Å². The predicted molar refractivity (Wildman–Crippen MR) is 281 cm³/mol. The summed E-state index contributed by atoms with van der Waals surface area (Å²) < 4.78 is 17.1. The van der Waals surface area contributed by atoms with Gasteiger partial charge in [-0.1, -0.05) is 27.7 Å². The molecule has 0 saturated heterocycles. The number of aliphatic hydroxyl groups excluding tert-OH is 2. The van der Waals surface area contributed by atoms with E-state index in [-0.39, 0.29) is 13.2 Å². The number of hydrogen-bond donors (Lipinski definition) is 8. The van der Waals surface area contributed by atoms with Crippen molar-refractivity contribution in [3.8, 4) is 0 Å². The van der Waals surface area contributed by atoms with Gasteiger partial charge < -0.3 is 71.9 Å². The topological polar surface area (TPSA) is 191 Å². The Kier molecular flexibility index (Phi) is 49.7. The molecule has 402 valence electrons. The van der Waals surface area contributed by atoms with Crippen molar-refractivity contribution < 1.29 is 24.4 Å². The summed E-state index contributed by atoms with van der Waals surface area (Å²) >= 11 is 0. The lowest BCUT2D eigenvalue weighted by Gasteiger charge is -2.32. The molecule has 0 fully saturated rings. The van der Waals surface area contributed by atoms with Gasteiger partial charge in [-0.25, -0.2) is 0 Å². The summed E-state index contributed by atoms with van der Waals surface area (Å²) in [4.78, 5) is 17.3. The fourth-order valence-corrected chi connectivity index (χ4v) is 7.75. The Balaban J connectivity index is 4.32. The summed E-state index contributed by atoms with van der Waals surface area (Å²) in [6.45, 7) is 43.8. The van der Waals surface area contributed by atoms with Crippen LogP contribution in [0, 0.1) is 6.92 Å². The number of nitrogens with one attached hydrogen (secondary N) is 4. The molecule has 0 aromatic rings. The van der Waals surface area contributed by atoms with E-state index in [0.29, 0.717) is 59.0 Å². The number of likely N-dealkylation sites (N-methyl/N-ethyl adjacent to an activating group) is 2. The highest BCUT2D eigenvalue weighted by atomic mass is 16.5. The molecule has 2 radical (unpaired) electrons. The predicted octanol–water partition coefficient (Wildman–Crippen LogP) is -0.851. The van der Waals surface area contributed by atoms with E-state index < -0.39 is 12.2 Å². The highest BCUT2D eigenvalue weighted by molar-refractivity contribution is 4.72. The Morgan fingerprint density at radius 3 is 1.39 bits per heavy atom. The van der Waals surface area contributed by atoms with Gasteiger partial charge in [-0.3, -0.25) is 19.6 Å². The first kappa shape index (κ1) is 66.3. The van der Waals surface area contributed by atoms with E-state index in [1.54, 1.807) is 0 Å². The van der Waals surface area contributed by atoms with Gasteiger partial charge in [0.25, 0.3) is 0 Å². The molecule has 10 N–H and O–H groups in total. The maximum atomic E-state index is 10.9. The molecule has 2 atom stereocenters. The molecule has 0 spiro atoms. The average molecular weight is 963 g/mol. The van der Waals surface area contributed by atoms with Gasteiger partial charge >= 0.3 is 0 Å². The van der Waals surface area contributed by atoms with Gasteiger partial charge in [0.2, 0.25) is 0 Å². The van der Waals surface area contributed by atoms with Crippen LogP contribution in [0.15, 0.2) is 0 Å². The highest BCUT2D eigenvalue weighted by Crippen LogP contribution is 2.02. The molecule has 0 rings (SSSR count). The minimum absolute atomic E-state index is 0.251. The van der Waals surface area contributed by atoms with Gasteiger partial charge in [-0.2, -0.15) is 0 Å². The molecule has 0 aliphatic carbocycles. The minimum Gasteiger partial charge on any atom is -0.389 e. The van der Waals surface area contributed by atoms with Crippen LogP contribution in [0.25, 0.3) is 0 Å². The molecule has 18 heteroatoms. The lowest BCUT2D eigenvalue weighted by atomic mass is 10.3. The SMILES string of the molecule is [CH]CCN(C)CCN(CCN(CCC)CCN(C)CCC)CCN(CCC)CC(O)COCCOCCOCC(O)CNCCNCCN(CCN)CCN(CCNCCC)CCNCCN. The lowest BCUT2D eigenvalue weighted by Crippen LogP contribution is -2.45. The van der Waals surface area contributed by atoms with Crippen molar-refractivity contribution >= 4 is 0 Å². The zero-order valence-corrected chi connectivity index (χ0v) is 44.4. The van der Waals surface area contributed by atoms with Crippen LogP contribution in [0.4, 0.5) is 0 Å². The van der Waals surface area contributed by atoms with Crippen LogP contribution in [-0.4, -0.2) is 300 Å². The average Bonchev–Trinajstić information content (AvgIpc) is 3.31. The fourth-order valence-electron chi connectivity index (χ4n) is 7.75. The summed E-state index contributed by atoms with van der Waals surface area (Å²) in [7, 11) is 4.38. The van der Waals surface area contributed by atoms with Crippen molar-refractivity contribution in [2.75, 3.05) is 244 Å². The number of hydrogen-bond acceptors (Lipinski definition) is 18. The van der Waals surface area contributed by atoms with E-state index in [1.165, 1.54) is 6.42 Å². The smallest absolute Gasteiger partial charge is 0.0900 e. The van der Waals surface area contributed by atoms with Gasteiger partial charge in [0, 0.05) is 157 Å². The molecule has 0 heterocycles. The largest absolute Gasteiger partial charge is 0.389 e. The first-order chi connectivity index (χ1) is 32.6. The molecular formula is C49H111N13O5. The van der Waals surface area contributed by atoms with Crippen molar-refractivity contribution in [1.29, 1.82) is 0 Å². The molecule has 0 saturated carbocycles. The summed E-state index contributed by atoms with van der Waals surface area (Å²) in [5, 5.41) is 35.0. The summed E-state index contributed by atoms with van der Waals surface area (Å²) in [5.41, 5.74) is 11.6. The van der Waals surface area contributed by atoms with Crippen molar-refractivity contribution in [2.45, 2.75) is 72.0 Å². The molecule has 67 heavy (non-hydrogen) atoms. The van der Waals surface area contributed by atoms with E-state index >= 15 is 0 Å². The van der Waals surface area contributed by atoms with Gasteiger partial charge in [0.05, 0.1) is 51.8 Å². The maximum absolute atomic E-state index is 10.9. The Labute approximate surface area is 412 Å². The lowest BCUT2D eigenvalue weighted by molar-refractivity contribution is -0.0261. The number of aliphatic hydroxyl groups is 2. The first-order valence-corrected chi connectivity index (χ1v) is 26.7. The van der Waals surface area contributed by atoms with Crippen molar-refractivity contribution in [2.24, 2.45) is 11.5 Å². The van der Waals surface area contributed by atoms with E-state index in [9.17, 15) is 10.2 Å². The Hall–Kier alpha value is -0.720. The Bertz CT molecular complexity index is 979. The zero-order chi connectivity index (χ0) is 49.4. The summed E-state index contributed by atoms with van der Waals surface area (Å²) in [6, 6.07) is 0. The third-order valence-electron chi connectivity index (χ3n) is 11.7. The zero-order valence-electron chi connectivity index (χ0n) is 44.4. The molecule has 0 aromatic heterocycles. The molecule has 18 nitrogen and oxygen atoms in total. The molecule has 2 unspecified atom stereocenters. The molecule has 0 aliphatic rings. The second-order valence-corrected chi connectivity index (χ2v) is 18.2. The van der Waals surface area contributed by atoms with Gasteiger partial charge in [0.1, 0.15) is 0 Å². The van der Waals surface area contributed by atoms with E-state index in [4.69, 9.17) is 32.6 Å². The standard InChI is InChI=1S/C49H111N13O5/c1-8-15-52-19-28-60(29-20-53-16-13-50)36-35-59(26-14-51)27-21-54-17-18-55-44-48(63)46-66-42-40-65-41-43-67-47-49(64)45-62(25-12-5)39-38-61(33-31-57(7)23-10-3)37-34-58(24-11-4)32-30-56(6)22-9-2/h3,48-49,52-55,63-64H,8-47,50-51H2,1-2,4-7H3. The Morgan fingerprint density at radius 1 is 0.418 bits per heavy atom. The number of nitrogens with zero attached hydrogens (tertiary/aromatic N) is 7. The van der Waals surface area contributed by atoms with Crippen molar-refractivity contribution in [3.05, 3.63) is 6.92 Å². The van der Waals surface area contributed by atoms with Crippen LogP contribution in [0.3, 0.4) is 0 Å². The second-order valence-electron chi connectivity index (χ2n) is 18.2. The number of ether oxygens (including phenoxy) is 3. The van der Waals surface area contributed by atoms with Crippen LogP contribution in [0.5, 0.6) is 0 Å². The minimum atomic E-state index is -0.585. The van der Waals surface area contributed by atoms with Crippen molar-refractivity contribution in [1.82, 2.24) is 55.6 Å². The molecule has 0 aliphatic heterocycles. The van der Waals surface area contributed by atoms with Crippen LogP contribution >= 0.6 is 0 Å². The monoisotopic (exact) mass is 962 g/mol. The molecular weight excluding hydrogens is 851 g/mol.